The molecule has 0 aliphatic rings. The van der Waals surface area contributed by atoms with E-state index in [4.69, 9.17) is 23.8 Å². The standard InChI is InChI=1S/C16H15ClFN3S/c1-11(13-3-2-4-14(17)9-13)20-21-16(22)19-10-12-5-7-15(18)8-6-12/h2-9H,10H2,1H3,(H2,19,21,22)/b20-11-. The number of nitrogens with zero attached hydrogens (tertiary/aromatic N) is 1. The Bertz CT molecular complexity index is 686. The monoisotopic (exact) mass is 335 g/mol. The number of thiocarbonyl (C=S) groups is 1. The summed E-state index contributed by atoms with van der Waals surface area (Å²) in [4.78, 5) is 0. The topological polar surface area (TPSA) is 36.4 Å². The van der Waals surface area contributed by atoms with Crippen LogP contribution in [0.15, 0.2) is 53.6 Å². The first-order valence-electron chi connectivity index (χ1n) is 6.63. The first-order valence-corrected chi connectivity index (χ1v) is 7.42. The van der Waals surface area contributed by atoms with Crippen molar-refractivity contribution in [1.82, 2.24) is 10.7 Å². The molecule has 0 spiro atoms. The molecule has 0 unspecified atom stereocenters. The van der Waals surface area contributed by atoms with Gasteiger partial charge in [-0.25, -0.2) is 4.39 Å². The Morgan fingerprint density at radius 3 is 2.64 bits per heavy atom. The summed E-state index contributed by atoms with van der Waals surface area (Å²) in [6, 6.07) is 13.6. The Morgan fingerprint density at radius 2 is 1.95 bits per heavy atom. The van der Waals surface area contributed by atoms with Gasteiger partial charge in [0.05, 0.1) is 5.71 Å². The molecule has 0 radical (unpaired) electrons. The Morgan fingerprint density at radius 1 is 1.23 bits per heavy atom. The minimum Gasteiger partial charge on any atom is -0.357 e. The molecule has 2 aromatic carbocycles. The molecule has 3 nitrogen and oxygen atoms in total. The Kier molecular flexibility index (Phi) is 5.86. The van der Waals surface area contributed by atoms with Gasteiger partial charge in [-0.05, 0) is 54.5 Å². The number of rotatable bonds is 4. The van der Waals surface area contributed by atoms with Crippen molar-refractivity contribution in [2.75, 3.05) is 0 Å². The molecule has 0 heterocycles. The highest BCUT2D eigenvalue weighted by Crippen LogP contribution is 2.11. The zero-order chi connectivity index (χ0) is 15.9. The average Bonchev–Trinajstić information content (AvgIpc) is 2.52. The molecule has 0 aromatic heterocycles. The number of benzene rings is 2. The predicted molar refractivity (Wildman–Crippen MR) is 92.6 cm³/mol. The van der Waals surface area contributed by atoms with Gasteiger partial charge in [0.25, 0.3) is 0 Å². The van der Waals surface area contributed by atoms with E-state index in [1.165, 1.54) is 12.1 Å². The van der Waals surface area contributed by atoms with E-state index in [9.17, 15) is 4.39 Å². The summed E-state index contributed by atoms with van der Waals surface area (Å²) in [7, 11) is 0. The quantitative estimate of drug-likeness (QED) is 0.506. The van der Waals surface area contributed by atoms with Gasteiger partial charge in [-0.1, -0.05) is 35.9 Å². The van der Waals surface area contributed by atoms with Crippen molar-refractivity contribution in [2.24, 2.45) is 5.10 Å². The van der Waals surface area contributed by atoms with Crippen molar-refractivity contribution in [3.63, 3.8) is 0 Å². The van der Waals surface area contributed by atoms with E-state index in [1.807, 2.05) is 25.1 Å². The number of hydrazone groups is 1. The van der Waals surface area contributed by atoms with Gasteiger partial charge in [0, 0.05) is 11.6 Å². The lowest BCUT2D eigenvalue weighted by molar-refractivity contribution is 0.626. The van der Waals surface area contributed by atoms with Gasteiger partial charge in [0.1, 0.15) is 5.82 Å². The summed E-state index contributed by atoms with van der Waals surface area (Å²) in [6.07, 6.45) is 0. The molecule has 2 aromatic rings. The molecule has 2 N–H and O–H groups in total. The fourth-order valence-corrected chi connectivity index (χ4v) is 2.04. The zero-order valence-electron chi connectivity index (χ0n) is 11.9. The largest absolute Gasteiger partial charge is 0.357 e. The molecular formula is C16H15ClFN3S. The SMILES string of the molecule is C/C(=N/NC(=S)NCc1ccc(F)cc1)c1cccc(Cl)c1. The van der Waals surface area contributed by atoms with Crippen molar-refractivity contribution in [1.29, 1.82) is 0 Å². The van der Waals surface area contributed by atoms with Crippen molar-refractivity contribution < 1.29 is 4.39 Å². The Balaban J connectivity index is 1.86. The third-order valence-corrected chi connectivity index (χ3v) is 3.40. The molecule has 2 rings (SSSR count). The van der Waals surface area contributed by atoms with Crippen LogP contribution >= 0.6 is 23.8 Å². The van der Waals surface area contributed by atoms with Crippen LogP contribution < -0.4 is 10.7 Å². The van der Waals surface area contributed by atoms with Crippen molar-refractivity contribution >= 4 is 34.6 Å². The second kappa shape index (κ2) is 7.87. The van der Waals surface area contributed by atoms with Gasteiger partial charge < -0.3 is 5.32 Å². The molecule has 22 heavy (non-hydrogen) atoms. The van der Waals surface area contributed by atoms with Gasteiger partial charge in [-0.3, -0.25) is 5.43 Å². The second-order valence-electron chi connectivity index (χ2n) is 4.63. The van der Waals surface area contributed by atoms with E-state index in [0.29, 0.717) is 16.7 Å². The zero-order valence-corrected chi connectivity index (χ0v) is 13.5. The fourth-order valence-electron chi connectivity index (χ4n) is 1.74. The van der Waals surface area contributed by atoms with E-state index in [0.717, 1.165) is 16.8 Å². The first-order chi connectivity index (χ1) is 10.5. The maximum absolute atomic E-state index is 12.8. The molecule has 0 aliphatic heterocycles. The third-order valence-electron chi connectivity index (χ3n) is 2.93. The average molecular weight is 336 g/mol. The highest BCUT2D eigenvalue weighted by atomic mass is 35.5. The minimum absolute atomic E-state index is 0.258. The summed E-state index contributed by atoms with van der Waals surface area (Å²) in [6.45, 7) is 2.36. The van der Waals surface area contributed by atoms with Crippen LogP contribution in [0, 0.1) is 5.82 Å². The molecule has 0 aliphatic carbocycles. The van der Waals surface area contributed by atoms with Crippen LogP contribution in [0.25, 0.3) is 0 Å². The molecule has 0 atom stereocenters. The van der Waals surface area contributed by atoms with Crippen molar-refractivity contribution in [2.45, 2.75) is 13.5 Å². The summed E-state index contributed by atoms with van der Waals surface area (Å²) in [5.41, 5.74) is 5.39. The van der Waals surface area contributed by atoms with Crippen LogP contribution in [0.3, 0.4) is 0 Å². The fraction of sp³-hybridized carbons (Fsp3) is 0.125. The minimum atomic E-state index is -0.258. The number of halogens is 2. The van der Waals surface area contributed by atoms with E-state index >= 15 is 0 Å². The van der Waals surface area contributed by atoms with Crippen LogP contribution in [0.2, 0.25) is 5.02 Å². The van der Waals surface area contributed by atoms with Crippen molar-refractivity contribution in [3.05, 3.63) is 70.5 Å². The molecule has 0 saturated heterocycles. The van der Waals surface area contributed by atoms with Gasteiger partial charge in [-0.15, -0.1) is 0 Å². The Hall–Kier alpha value is -1.98. The van der Waals surface area contributed by atoms with Crippen LogP contribution in [0.1, 0.15) is 18.1 Å². The summed E-state index contributed by atoms with van der Waals surface area (Å²) in [5, 5.41) is 8.26. The van der Waals surface area contributed by atoms with E-state index in [-0.39, 0.29) is 5.82 Å². The highest BCUT2D eigenvalue weighted by Gasteiger charge is 2.00. The molecule has 0 fully saturated rings. The molecule has 0 bridgehead atoms. The lowest BCUT2D eigenvalue weighted by Gasteiger charge is -2.08. The summed E-state index contributed by atoms with van der Waals surface area (Å²) < 4.78 is 12.8. The van der Waals surface area contributed by atoms with Crippen LogP contribution in [0.4, 0.5) is 4.39 Å². The normalized spacial score (nSPS) is 11.1. The maximum Gasteiger partial charge on any atom is 0.187 e. The maximum atomic E-state index is 12.8. The number of hydrogen-bond acceptors (Lipinski definition) is 2. The lowest BCUT2D eigenvalue weighted by atomic mass is 10.1. The lowest BCUT2D eigenvalue weighted by Crippen LogP contribution is -2.32. The molecular weight excluding hydrogens is 321 g/mol. The highest BCUT2D eigenvalue weighted by molar-refractivity contribution is 7.80. The number of hydrogen-bond donors (Lipinski definition) is 2. The Labute approximate surface area is 139 Å². The van der Waals surface area contributed by atoms with E-state index in [1.54, 1.807) is 18.2 Å². The van der Waals surface area contributed by atoms with E-state index in [2.05, 4.69) is 15.8 Å². The smallest absolute Gasteiger partial charge is 0.187 e. The van der Waals surface area contributed by atoms with Gasteiger partial charge >= 0.3 is 0 Å². The van der Waals surface area contributed by atoms with Crippen LogP contribution in [-0.2, 0) is 6.54 Å². The van der Waals surface area contributed by atoms with Gasteiger partial charge in [0.2, 0.25) is 0 Å². The summed E-state index contributed by atoms with van der Waals surface area (Å²) >= 11 is 11.1. The molecule has 0 saturated carbocycles. The second-order valence-corrected chi connectivity index (χ2v) is 5.47. The van der Waals surface area contributed by atoms with Crippen LogP contribution in [-0.4, -0.2) is 10.8 Å². The van der Waals surface area contributed by atoms with Gasteiger partial charge in [0.15, 0.2) is 5.11 Å². The van der Waals surface area contributed by atoms with Crippen molar-refractivity contribution in [3.8, 4) is 0 Å². The third kappa shape index (κ3) is 5.09. The summed E-state index contributed by atoms with van der Waals surface area (Å²) in [5.74, 6) is -0.258. The van der Waals surface area contributed by atoms with Gasteiger partial charge in [-0.2, -0.15) is 5.10 Å². The molecule has 6 heteroatoms. The van der Waals surface area contributed by atoms with E-state index < -0.39 is 0 Å². The predicted octanol–water partition coefficient (Wildman–Crippen LogP) is 3.87. The molecule has 0 amide bonds. The molecule has 114 valence electrons. The van der Waals surface area contributed by atoms with Crippen LogP contribution in [0.5, 0.6) is 0 Å². The number of nitrogens with one attached hydrogen (secondary N) is 2. The first kappa shape index (κ1) is 16.4.